The molecule has 31 heavy (non-hydrogen) atoms. The van der Waals surface area contributed by atoms with Crippen LogP contribution in [0.4, 0.5) is 0 Å². The Bertz CT molecular complexity index is 1490. The summed E-state index contributed by atoms with van der Waals surface area (Å²) in [6, 6.07) is 21.0. The molecule has 152 valence electrons. The Balaban J connectivity index is 2.01. The van der Waals surface area contributed by atoms with E-state index in [4.69, 9.17) is 9.72 Å². The first-order chi connectivity index (χ1) is 15.0. The minimum Gasteiger partial charge on any atom is -0.497 e. The van der Waals surface area contributed by atoms with E-state index in [0.29, 0.717) is 0 Å². The largest absolute Gasteiger partial charge is 0.497 e. The van der Waals surface area contributed by atoms with Crippen LogP contribution in [0.5, 0.6) is 5.75 Å². The van der Waals surface area contributed by atoms with Gasteiger partial charge in [-0.15, -0.1) is 0 Å². The van der Waals surface area contributed by atoms with Crippen molar-refractivity contribution < 1.29 is 4.74 Å². The molecule has 0 aliphatic heterocycles. The third-order valence-corrected chi connectivity index (χ3v) is 5.90. The van der Waals surface area contributed by atoms with Crippen LogP contribution in [0.15, 0.2) is 80.0 Å². The lowest BCUT2D eigenvalue weighted by Crippen LogP contribution is -1.98. The molecular formula is C28H24N2O. The van der Waals surface area contributed by atoms with Gasteiger partial charge in [0.15, 0.2) is 0 Å². The highest BCUT2D eigenvalue weighted by molar-refractivity contribution is 6.13. The fourth-order valence-corrected chi connectivity index (χ4v) is 4.47. The summed E-state index contributed by atoms with van der Waals surface area (Å²) < 4.78 is 7.77. The van der Waals surface area contributed by atoms with Crippen molar-refractivity contribution in [3.63, 3.8) is 0 Å². The van der Waals surface area contributed by atoms with Crippen molar-refractivity contribution in [2.24, 2.45) is 0 Å². The van der Waals surface area contributed by atoms with Gasteiger partial charge < -0.3 is 4.74 Å². The molecule has 0 aliphatic rings. The quantitative estimate of drug-likeness (QED) is 0.292. The summed E-state index contributed by atoms with van der Waals surface area (Å²) in [5.74, 6) is 0.819. The highest BCUT2D eigenvalue weighted by atomic mass is 16.5. The summed E-state index contributed by atoms with van der Waals surface area (Å²) in [6.07, 6.45) is 1.97. The van der Waals surface area contributed by atoms with Gasteiger partial charge in [0.2, 0.25) is 0 Å². The number of imidazole rings is 1. The zero-order valence-electron chi connectivity index (χ0n) is 18.1. The number of ether oxygens (including phenoxy) is 1. The molecule has 0 aliphatic carbocycles. The van der Waals surface area contributed by atoms with Gasteiger partial charge in [0.25, 0.3) is 0 Å². The summed E-state index contributed by atoms with van der Waals surface area (Å²) in [5.41, 5.74) is 8.42. The first-order valence-corrected chi connectivity index (χ1v) is 10.3. The summed E-state index contributed by atoms with van der Waals surface area (Å²) in [4.78, 5) is 4.90. The summed E-state index contributed by atoms with van der Waals surface area (Å²) in [6.45, 7) is 12.6. The molecule has 0 saturated carbocycles. The van der Waals surface area contributed by atoms with Crippen LogP contribution in [0.3, 0.4) is 0 Å². The lowest BCUT2D eigenvalue weighted by Gasteiger charge is -2.17. The Kier molecular flexibility index (Phi) is 4.40. The fraction of sp³-hybridized carbons (Fsp3) is 0.107. The van der Waals surface area contributed by atoms with Gasteiger partial charge in [-0.2, -0.15) is 0 Å². The number of hydrogen-bond acceptors (Lipinski definition) is 2. The van der Waals surface area contributed by atoms with Gasteiger partial charge in [0.1, 0.15) is 11.4 Å². The number of pyridine rings is 1. The molecule has 0 fully saturated rings. The minimum atomic E-state index is 0.819. The Morgan fingerprint density at radius 2 is 1.55 bits per heavy atom. The highest BCUT2D eigenvalue weighted by Gasteiger charge is 2.19. The maximum absolute atomic E-state index is 5.52. The predicted octanol–water partition coefficient (Wildman–Crippen LogP) is 7.38. The first-order valence-electron chi connectivity index (χ1n) is 10.3. The maximum atomic E-state index is 5.52. The molecule has 5 aromatic rings. The highest BCUT2D eigenvalue weighted by Crippen LogP contribution is 2.39. The van der Waals surface area contributed by atoms with Crippen molar-refractivity contribution in [3.8, 4) is 17.0 Å². The molecule has 3 nitrogen and oxygen atoms in total. The molecule has 3 aromatic carbocycles. The van der Waals surface area contributed by atoms with Crippen LogP contribution in [-0.2, 0) is 0 Å². The number of methoxy groups -OCH3 is 1. The number of para-hydroxylation sites is 1. The molecule has 0 radical (unpaired) electrons. The van der Waals surface area contributed by atoms with Crippen molar-refractivity contribution in [2.75, 3.05) is 7.11 Å². The molecule has 0 saturated heterocycles. The fourth-order valence-electron chi connectivity index (χ4n) is 4.47. The van der Waals surface area contributed by atoms with Gasteiger partial charge in [-0.25, -0.2) is 4.98 Å². The normalized spacial score (nSPS) is 11.3. The summed E-state index contributed by atoms with van der Waals surface area (Å²) in [5, 5.41) is 3.40. The van der Waals surface area contributed by atoms with Crippen LogP contribution < -0.4 is 4.74 Å². The third-order valence-electron chi connectivity index (χ3n) is 5.90. The molecule has 0 spiro atoms. The summed E-state index contributed by atoms with van der Waals surface area (Å²) in [7, 11) is 1.69. The second-order valence-corrected chi connectivity index (χ2v) is 8.02. The second kappa shape index (κ2) is 7.13. The molecule has 0 bridgehead atoms. The average Bonchev–Trinajstić information content (AvgIpc) is 3.23. The van der Waals surface area contributed by atoms with E-state index in [1.165, 1.54) is 5.39 Å². The maximum Gasteiger partial charge on any atom is 0.145 e. The Labute approximate surface area is 181 Å². The van der Waals surface area contributed by atoms with Gasteiger partial charge in [0.05, 0.1) is 24.5 Å². The molecule has 2 heterocycles. The first kappa shape index (κ1) is 19.1. The van der Waals surface area contributed by atoms with Crippen LogP contribution in [-0.4, -0.2) is 16.5 Å². The van der Waals surface area contributed by atoms with E-state index >= 15 is 0 Å². The molecular weight excluding hydrogens is 380 g/mol. The SMILES string of the molecule is C=C(C)c1cccc(C(=C)C)c1-c1cnc2c3cc(OC)ccc3c3ccccc3n12. The van der Waals surface area contributed by atoms with E-state index in [-0.39, 0.29) is 0 Å². The summed E-state index contributed by atoms with van der Waals surface area (Å²) >= 11 is 0. The zero-order chi connectivity index (χ0) is 21.7. The van der Waals surface area contributed by atoms with Gasteiger partial charge in [0, 0.05) is 16.3 Å². The van der Waals surface area contributed by atoms with Gasteiger partial charge in [-0.1, -0.05) is 60.7 Å². The lowest BCUT2D eigenvalue weighted by molar-refractivity contribution is 0.415. The van der Waals surface area contributed by atoms with E-state index in [1.807, 2.05) is 26.1 Å². The van der Waals surface area contributed by atoms with Crippen molar-refractivity contribution in [2.45, 2.75) is 13.8 Å². The lowest BCUT2D eigenvalue weighted by atomic mass is 9.91. The predicted molar refractivity (Wildman–Crippen MR) is 132 cm³/mol. The van der Waals surface area contributed by atoms with Crippen LogP contribution in [0.1, 0.15) is 25.0 Å². The van der Waals surface area contributed by atoms with E-state index in [1.54, 1.807) is 7.11 Å². The van der Waals surface area contributed by atoms with Gasteiger partial charge in [-0.05, 0) is 54.6 Å². The topological polar surface area (TPSA) is 26.5 Å². The van der Waals surface area contributed by atoms with E-state index in [9.17, 15) is 0 Å². The smallest absolute Gasteiger partial charge is 0.145 e. The standard InChI is InChI=1S/C28H24N2O/c1-17(2)20-10-8-11-21(18(3)4)27(20)26-16-29-28-24-15-19(31-5)13-14-22(24)23-9-6-7-12-25(23)30(26)28/h6-16H,1,3H2,2,4-5H3. The Morgan fingerprint density at radius 3 is 2.23 bits per heavy atom. The number of allylic oxidation sites excluding steroid dienone is 2. The van der Waals surface area contributed by atoms with E-state index in [0.717, 1.165) is 61.2 Å². The molecule has 5 rings (SSSR count). The van der Waals surface area contributed by atoms with Gasteiger partial charge in [-0.3, -0.25) is 4.40 Å². The number of fused-ring (bicyclic) bond motifs is 6. The monoisotopic (exact) mass is 404 g/mol. The number of hydrogen-bond donors (Lipinski definition) is 0. The van der Waals surface area contributed by atoms with E-state index in [2.05, 4.69) is 72.2 Å². The molecule has 0 N–H and O–H groups in total. The average molecular weight is 405 g/mol. The van der Waals surface area contributed by atoms with Crippen LogP contribution in [0.2, 0.25) is 0 Å². The number of aromatic nitrogens is 2. The molecule has 0 unspecified atom stereocenters. The molecule has 3 heteroatoms. The number of nitrogens with zero attached hydrogens (tertiary/aromatic N) is 2. The number of benzene rings is 3. The Hall–Kier alpha value is -3.85. The molecule has 0 atom stereocenters. The van der Waals surface area contributed by atoms with Crippen LogP contribution in [0.25, 0.3) is 49.7 Å². The van der Waals surface area contributed by atoms with Crippen LogP contribution >= 0.6 is 0 Å². The van der Waals surface area contributed by atoms with Crippen molar-refractivity contribution in [1.82, 2.24) is 9.38 Å². The van der Waals surface area contributed by atoms with Crippen molar-refractivity contribution in [1.29, 1.82) is 0 Å². The second-order valence-electron chi connectivity index (χ2n) is 8.02. The molecule has 2 aromatic heterocycles. The Morgan fingerprint density at radius 1 is 0.839 bits per heavy atom. The third kappa shape index (κ3) is 2.85. The molecule has 0 amide bonds. The van der Waals surface area contributed by atoms with Gasteiger partial charge >= 0.3 is 0 Å². The van der Waals surface area contributed by atoms with E-state index < -0.39 is 0 Å². The minimum absolute atomic E-state index is 0.819. The van der Waals surface area contributed by atoms with Crippen LogP contribution in [0, 0.1) is 0 Å². The van der Waals surface area contributed by atoms with Crippen molar-refractivity contribution in [3.05, 3.63) is 91.1 Å². The van der Waals surface area contributed by atoms with Crippen molar-refractivity contribution >= 4 is 38.5 Å². The zero-order valence-corrected chi connectivity index (χ0v) is 18.1. The number of rotatable bonds is 4.